The first-order valence-electron chi connectivity index (χ1n) is 8.28. The topological polar surface area (TPSA) is 67.9 Å². The molecule has 1 aliphatic rings. The SMILES string of the molecule is OC1(Cn2ccnc2-c2cccc(-n3cccn3)c2)CCCNC1. The summed E-state index contributed by atoms with van der Waals surface area (Å²) < 4.78 is 3.87. The zero-order valence-corrected chi connectivity index (χ0v) is 13.5. The molecule has 1 aliphatic heterocycles. The van der Waals surface area contributed by atoms with Gasteiger partial charge in [-0.3, -0.25) is 0 Å². The second-order valence-electron chi connectivity index (χ2n) is 6.38. The number of β-amino-alcohol motifs (C(OH)–C–C–N with tert-alkyl or cyclic N) is 1. The van der Waals surface area contributed by atoms with Crippen molar-refractivity contribution in [2.24, 2.45) is 0 Å². The van der Waals surface area contributed by atoms with Crippen LogP contribution in [0.4, 0.5) is 0 Å². The number of piperidine rings is 1. The molecule has 1 saturated heterocycles. The Labute approximate surface area is 140 Å². The van der Waals surface area contributed by atoms with Crippen LogP contribution in [0.5, 0.6) is 0 Å². The molecule has 1 unspecified atom stereocenters. The third-order valence-corrected chi connectivity index (χ3v) is 4.50. The maximum atomic E-state index is 10.8. The highest BCUT2D eigenvalue weighted by molar-refractivity contribution is 5.59. The minimum atomic E-state index is -0.715. The largest absolute Gasteiger partial charge is 0.387 e. The maximum Gasteiger partial charge on any atom is 0.140 e. The fourth-order valence-electron chi connectivity index (χ4n) is 3.31. The van der Waals surface area contributed by atoms with Crippen LogP contribution in [-0.4, -0.2) is 43.1 Å². The van der Waals surface area contributed by atoms with Gasteiger partial charge >= 0.3 is 0 Å². The number of imidazole rings is 1. The molecule has 6 heteroatoms. The second-order valence-corrected chi connectivity index (χ2v) is 6.38. The van der Waals surface area contributed by atoms with Crippen LogP contribution in [0.2, 0.25) is 0 Å². The zero-order valence-electron chi connectivity index (χ0n) is 13.5. The molecule has 0 amide bonds. The van der Waals surface area contributed by atoms with Crippen LogP contribution >= 0.6 is 0 Å². The molecule has 24 heavy (non-hydrogen) atoms. The molecule has 0 radical (unpaired) electrons. The number of rotatable bonds is 4. The molecule has 4 rings (SSSR count). The van der Waals surface area contributed by atoms with Crippen molar-refractivity contribution in [1.82, 2.24) is 24.6 Å². The van der Waals surface area contributed by atoms with E-state index in [-0.39, 0.29) is 0 Å². The number of aromatic nitrogens is 4. The van der Waals surface area contributed by atoms with E-state index in [1.54, 1.807) is 12.4 Å². The molecule has 124 valence electrons. The molecule has 1 aromatic carbocycles. The van der Waals surface area contributed by atoms with E-state index < -0.39 is 5.60 Å². The van der Waals surface area contributed by atoms with Gasteiger partial charge in [-0.25, -0.2) is 9.67 Å². The first kappa shape index (κ1) is 15.1. The molecular weight excluding hydrogens is 302 g/mol. The Bertz CT molecular complexity index is 802. The molecule has 1 fully saturated rings. The van der Waals surface area contributed by atoms with Crippen LogP contribution in [-0.2, 0) is 6.54 Å². The number of benzene rings is 1. The third-order valence-electron chi connectivity index (χ3n) is 4.50. The monoisotopic (exact) mass is 323 g/mol. The van der Waals surface area contributed by atoms with Crippen molar-refractivity contribution >= 4 is 0 Å². The van der Waals surface area contributed by atoms with Gasteiger partial charge in [0.1, 0.15) is 5.82 Å². The van der Waals surface area contributed by atoms with Crippen molar-refractivity contribution < 1.29 is 5.11 Å². The third kappa shape index (κ3) is 2.98. The predicted octanol–water partition coefficient (Wildman–Crippen LogP) is 1.85. The highest BCUT2D eigenvalue weighted by Gasteiger charge is 2.30. The van der Waals surface area contributed by atoms with Gasteiger partial charge in [-0.2, -0.15) is 5.10 Å². The highest BCUT2D eigenvalue weighted by Crippen LogP contribution is 2.24. The minimum Gasteiger partial charge on any atom is -0.387 e. The van der Waals surface area contributed by atoms with Crippen LogP contribution in [0.3, 0.4) is 0 Å². The van der Waals surface area contributed by atoms with Crippen molar-refractivity contribution in [2.75, 3.05) is 13.1 Å². The van der Waals surface area contributed by atoms with Crippen LogP contribution in [0.15, 0.2) is 55.1 Å². The lowest BCUT2D eigenvalue weighted by molar-refractivity contribution is 0.00106. The summed E-state index contributed by atoms with van der Waals surface area (Å²) in [6.07, 6.45) is 9.21. The molecule has 0 aliphatic carbocycles. The van der Waals surface area contributed by atoms with Crippen molar-refractivity contribution in [1.29, 1.82) is 0 Å². The minimum absolute atomic E-state index is 0.543. The molecule has 6 nitrogen and oxygen atoms in total. The fraction of sp³-hybridized carbons (Fsp3) is 0.333. The van der Waals surface area contributed by atoms with Crippen molar-refractivity contribution in [3.05, 3.63) is 55.1 Å². The van der Waals surface area contributed by atoms with Crippen LogP contribution in [0.1, 0.15) is 12.8 Å². The van der Waals surface area contributed by atoms with Gasteiger partial charge in [0, 0.05) is 36.9 Å². The van der Waals surface area contributed by atoms with Crippen LogP contribution < -0.4 is 5.32 Å². The summed E-state index contributed by atoms with van der Waals surface area (Å²) in [5.74, 6) is 0.864. The van der Waals surface area contributed by atoms with Gasteiger partial charge in [-0.15, -0.1) is 0 Å². The summed E-state index contributed by atoms with van der Waals surface area (Å²) in [6, 6.07) is 10.0. The van der Waals surface area contributed by atoms with Gasteiger partial charge in [0.25, 0.3) is 0 Å². The van der Waals surface area contributed by atoms with E-state index in [2.05, 4.69) is 21.5 Å². The molecule has 1 atom stereocenters. The Hall–Kier alpha value is -2.44. The van der Waals surface area contributed by atoms with Gasteiger partial charge in [0.05, 0.1) is 17.8 Å². The fourth-order valence-corrected chi connectivity index (χ4v) is 3.31. The standard InChI is InChI=1S/C18H21N5O/c24-18(6-2-7-19-13-18)14-22-11-9-20-17(22)15-4-1-5-16(12-15)23-10-3-8-21-23/h1,3-5,8-12,19,24H,2,6-7,13-14H2. The van der Waals surface area contributed by atoms with E-state index in [0.717, 1.165) is 36.5 Å². The lowest BCUT2D eigenvalue weighted by Gasteiger charge is -2.33. The molecule has 2 aromatic heterocycles. The number of nitrogens with one attached hydrogen (secondary N) is 1. The van der Waals surface area contributed by atoms with Gasteiger partial charge in [-0.1, -0.05) is 12.1 Å². The lowest BCUT2D eigenvalue weighted by atomic mass is 9.94. The van der Waals surface area contributed by atoms with Crippen LogP contribution in [0, 0.1) is 0 Å². The van der Waals surface area contributed by atoms with Crippen molar-refractivity contribution in [3.63, 3.8) is 0 Å². The summed E-state index contributed by atoms with van der Waals surface area (Å²) in [6.45, 7) is 2.14. The van der Waals surface area contributed by atoms with Gasteiger partial charge in [-0.05, 0) is 37.6 Å². The van der Waals surface area contributed by atoms with Gasteiger partial charge in [0.15, 0.2) is 0 Å². The van der Waals surface area contributed by atoms with E-state index in [0.29, 0.717) is 13.1 Å². The van der Waals surface area contributed by atoms with Crippen molar-refractivity contribution in [3.8, 4) is 17.1 Å². The van der Waals surface area contributed by atoms with E-state index in [4.69, 9.17) is 0 Å². The number of hydrogen-bond acceptors (Lipinski definition) is 4. The number of hydrogen-bond donors (Lipinski definition) is 2. The molecule has 2 N–H and O–H groups in total. The first-order chi connectivity index (χ1) is 11.7. The molecule has 0 bridgehead atoms. The average molecular weight is 323 g/mol. The average Bonchev–Trinajstić information content (AvgIpc) is 3.27. The van der Waals surface area contributed by atoms with E-state index >= 15 is 0 Å². The quantitative estimate of drug-likeness (QED) is 0.769. The van der Waals surface area contributed by atoms with E-state index in [1.165, 1.54) is 0 Å². The smallest absolute Gasteiger partial charge is 0.140 e. The highest BCUT2D eigenvalue weighted by atomic mass is 16.3. The molecular formula is C18H21N5O. The van der Waals surface area contributed by atoms with E-state index in [9.17, 15) is 5.11 Å². The Morgan fingerprint density at radius 1 is 1.21 bits per heavy atom. The molecule has 3 heterocycles. The second kappa shape index (κ2) is 6.22. The summed E-state index contributed by atoms with van der Waals surface area (Å²) in [7, 11) is 0. The van der Waals surface area contributed by atoms with Crippen molar-refractivity contribution in [2.45, 2.75) is 25.0 Å². The van der Waals surface area contributed by atoms with Gasteiger partial charge in [0.2, 0.25) is 0 Å². The normalized spacial score (nSPS) is 21.0. The Kier molecular flexibility index (Phi) is 3.92. The molecule has 0 saturated carbocycles. The zero-order chi connectivity index (χ0) is 16.4. The first-order valence-corrected chi connectivity index (χ1v) is 8.28. The Balaban J connectivity index is 1.64. The van der Waals surface area contributed by atoms with Gasteiger partial charge < -0.3 is 15.0 Å². The Morgan fingerprint density at radius 2 is 2.17 bits per heavy atom. The number of nitrogens with zero attached hydrogens (tertiary/aromatic N) is 4. The van der Waals surface area contributed by atoms with Crippen LogP contribution in [0.25, 0.3) is 17.1 Å². The summed E-state index contributed by atoms with van der Waals surface area (Å²) >= 11 is 0. The number of aliphatic hydroxyl groups is 1. The summed E-state index contributed by atoms with van der Waals surface area (Å²) in [4.78, 5) is 4.51. The van der Waals surface area contributed by atoms with E-state index in [1.807, 2.05) is 45.9 Å². The lowest BCUT2D eigenvalue weighted by Crippen LogP contribution is -2.48. The summed E-state index contributed by atoms with van der Waals surface area (Å²) in [5.41, 5.74) is 1.29. The predicted molar refractivity (Wildman–Crippen MR) is 91.8 cm³/mol. The molecule has 0 spiro atoms. The Morgan fingerprint density at radius 3 is 2.96 bits per heavy atom. The maximum absolute atomic E-state index is 10.8. The summed E-state index contributed by atoms with van der Waals surface area (Å²) in [5, 5.41) is 18.4. The molecule has 3 aromatic rings.